The van der Waals surface area contributed by atoms with E-state index >= 15 is 0 Å². The Bertz CT molecular complexity index is 812. The number of nitrogens with one attached hydrogen (secondary N) is 1. The van der Waals surface area contributed by atoms with Crippen LogP contribution in [0.2, 0.25) is 0 Å². The summed E-state index contributed by atoms with van der Waals surface area (Å²) < 4.78 is 0. The van der Waals surface area contributed by atoms with E-state index in [1.807, 2.05) is 13.1 Å². The molecule has 1 aliphatic heterocycles. The second-order valence-electron chi connectivity index (χ2n) is 6.29. The fourth-order valence-corrected chi connectivity index (χ4v) is 2.84. The van der Waals surface area contributed by atoms with Crippen molar-refractivity contribution in [3.05, 3.63) is 65.7 Å². The SMILES string of the molecule is CN1CCN(C(=O)C(=O)c2ccccc2NC(=O)c2ccccc2)CC1. The molecule has 1 saturated heterocycles. The van der Waals surface area contributed by atoms with E-state index < -0.39 is 11.7 Å². The van der Waals surface area contributed by atoms with Crippen LogP contribution in [0.15, 0.2) is 54.6 Å². The molecular formula is C20H21N3O3. The second-order valence-corrected chi connectivity index (χ2v) is 6.29. The first-order chi connectivity index (χ1) is 12.6. The molecule has 134 valence electrons. The fraction of sp³-hybridized carbons (Fsp3) is 0.250. The molecule has 2 amide bonds. The minimum Gasteiger partial charge on any atom is -0.333 e. The van der Waals surface area contributed by atoms with Crippen molar-refractivity contribution in [1.29, 1.82) is 0 Å². The highest BCUT2D eigenvalue weighted by Crippen LogP contribution is 2.18. The van der Waals surface area contributed by atoms with Gasteiger partial charge in [-0.3, -0.25) is 14.4 Å². The van der Waals surface area contributed by atoms with Gasteiger partial charge in [0.05, 0.1) is 11.3 Å². The van der Waals surface area contributed by atoms with Crippen LogP contribution in [0.1, 0.15) is 20.7 Å². The Kier molecular flexibility index (Phi) is 5.43. The van der Waals surface area contributed by atoms with Crippen molar-refractivity contribution < 1.29 is 14.4 Å². The summed E-state index contributed by atoms with van der Waals surface area (Å²) in [4.78, 5) is 41.3. The molecule has 0 unspecified atom stereocenters. The van der Waals surface area contributed by atoms with Crippen molar-refractivity contribution in [2.75, 3.05) is 38.5 Å². The van der Waals surface area contributed by atoms with Crippen molar-refractivity contribution in [2.45, 2.75) is 0 Å². The number of carbonyl (C=O) groups excluding carboxylic acids is 3. The number of Topliss-reactive ketones (excluding diaryl/α,β-unsaturated/α-hetero) is 1. The summed E-state index contributed by atoms with van der Waals surface area (Å²) in [5, 5.41) is 2.73. The third kappa shape index (κ3) is 3.97. The number of hydrogen-bond acceptors (Lipinski definition) is 4. The zero-order valence-corrected chi connectivity index (χ0v) is 14.6. The molecule has 0 radical (unpaired) electrons. The van der Waals surface area contributed by atoms with E-state index in [1.54, 1.807) is 53.4 Å². The number of hydrogen-bond donors (Lipinski definition) is 1. The number of anilines is 1. The van der Waals surface area contributed by atoms with Gasteiger partial charge < -0.3 is 15.1 Å². The molecule has 2 aromatic rings. The van der Waals surface area contributed by atoms with E-state index in [0.717, 1.165) is 13.1 Å². The summed E-state index contributed by atoms with van der Waals surface area (Å²) in [5.74, 6) is -1.45. The van der Waals surface area contributed by atoms with E-state index in [1.165, 1.54) is 0 Å². The monoisotopic (exact) mass is 351 g/mol. The van der Waals surface area contributed by atoms with Gasteiger partial charge in [0.25, 0.3) is 17.6 Å². The third-order valence-electron chi connectivity index (χ3n) is 4.44. The van der Waals surface area contributed by atoms with Gasteiger partial charge in [0, 0.05) is 31.7 Å². The van der Waals surface area contributed by atoms with Crippen molar-refractivity contribution in [3.8, 4) is 0 Å². The Morgan fingerprint density at radius 2 is 1.46 bits per heavy atom. The number of carbonyl (C=O) groups is 3. The molecule has 6 nitrogen and oxygen atoms in total. The summed E-state index contributed by atoms with van der Waals surface area (Å²) in [6.07, 6.45) is 0. The lowest BCUT2D eigenvalue weighted by Gasteiger charge is -2.32. The van der Waals surface area contributed by atoms with Gasteiger partial charge in [-0.05, 0) is 31.3 Å². The molecule has 1 fully saturated rings. The van der Waals surface area contributed by atoms with Crippen molar-refractivity contribution in [1.82, 2.24) is 9.80 Å². The number of likely N-dealkylation sites (N-methyl/N-ethyl adjacent to an activating group) is 1. The summed E-state index contributed by atoms with van der Waals surface area (Å²) >= 11 is 0. The highest BCUT2D eigenvalue weighted by atomic mass is 16.2. The van der Waals surface area contributed by atoms with Gasteiger partial charge in [-0.2, -0.15) is 0 Å². The quantitative estimate of drug-likeness (QED) is 0.675. The summed E-state index contributed by atoms with van der Waals surface area (Å²) in [6, 6.07) is 15.3. The average molecular weight is 351 g/mol. The van der Waals surface area contributed by atoms with E-state index in [9.17, 15) is 14.4 Å². The van der Waals surface area contributed by atoms with Gasteiger partial charge in [-0.15, -0.1) is 0 Å². The Balaban J connectivity index is 1.77. The third-order valence-corrected chi connectivity index (χ3v) is 4.44. The Morgan fingerprint density at radius 1 is 0.846 bits per heavy atom. The van der Waals surface area contributed by atoms with Gasteiger partial charge in [0.2, 0.25) is 0 Å². The van der Waals surface area contributed by atoms with Crippen molar-refractivity contribution >= 4 is 23.3 Å². The first-order valence-electron chi connectivity index (χ1n) is 8.54. The van der Waals surface area contributed by atoms with Crippen LogP contribution in [0.5, 0.6) is 0 Å². The molecule has 26 heavy (non-hydrogen) atoms. The number of rotatable bonds is 4. The van der Waals surface area contributed by atoms with E-state index in [2.05, 4.69) is 10.2 Å². The van der Waals surface area contributed by atoms with Gasteiger partial charge in [-0.25, -0.2) is 0 Å². The molecule has 6 heteroatoms. The minimum atomic E-state index is -0.599. The summed E-state index contributed by atoms with van der Waals surface area (Å²) in [7, 11) is 1.98. The lowest BCUT2D eigenvalue weighted by atomic mass is 10.1. The molecule has 0 aromatic heterocycles. The molecule has 0 spiro atoms. The average Bonchev–Trinajstić information content (AvgIpc) is 2.68. The Morgan fingerprint density at radius 3 is 2.15 bits per heavy atom. The number of benzene rings is 2. The molecule has 2 aromatic carbocycles. The molecule has 1 heterocycles. The molecule has 0 aliphatic carbocycles. The standard InChI is InChI=1S/C20H21N3O3/c1-22-11-13-23(14-12-22)20(26)18(24)16-9-5-6-10-17(16)21-19(25)15-7-3-2-4-8-15/h2-10H,11-14H2,1H3,(H,21,25). The minimum absolute atomic E-state index is 0.209. The van der Waals surface area contributed by atoms with Crippen LogP contribution in [-0.4, -0.2) is 60.6 Å². The molecule has 3 rings (SSSR count). The van der Waals surface area contributed by atoms with Crippen LogP contribution in [0.4, 0.5) is 5.69 Å². The first kappa shape index (κ1) is 17.8. The number of para-hydroxylation sites is 1. The number of nitrogens with zero attached hydrogens (tertiary/aromatic N) is 2. The predicted octanol–water partition coefficient (Wildman–Crippen LogP) is 1.90. The van der Waals surface area contributed by atoms with Crippen molar-refractivity contribution in [3.63, 3.8) is 0 Å². The summed E-state index contributed by atoms with van der Waals surface area (Å²) in [6.45, 7) is 2.54. The summed E-state index contributed by atoms with van der Waals surface area (Å²) in [5.41, 5.74) is 1.04. The maximum Gasteiger partial charge on any atom is 0.295 e. The zero-order chi connectivity index (χ0) is 18.5. The maximum atomic E-state index is 12.7. The fourth-order valence-electron chi connectivity index (χ4n) is 2.84. The van der Waals surface area contributed by atoms with E-state index in [-0.39, 0.29) is 11.5 Å². The van der Waals surface area contributed by atoms with Crippen LogP contribution in [0.25, 0.3) is 0 Å². The van der Waals surface area contributed by atoms with Crippen LogP contribution in [0.3, 0.4) is 0 Å². The number of ketones is 1. The lowest BCUT2D eigenvalue weighted by Crippen LogP contribution is -2.49. The highest BCUT2D eigenvalue weighted by Gasteiger charge is 2.27. The van der Waals surface area contributed by atoms with Crippen LogP contribution in [0, 0.1) is 0 Å². The largest absolute Gasteiger partial charge is 0.333 e. The van der Waals surface area contributed by atoms with Gasteiger partial charge >= 0.3 is 0 Å². The van der Waals surface area contributed by atoms with E-state index in [4.69, 9.17) is 0 Å². The number of piperazine rings is 1. The smallest absolute Gasteiger partial charge is 0.295 e. The predicted molar refractivity (Wildman–Crippen MR) is 99.2 cm³/mol. The van der Waals surface area contributed by atoms with Gasteiger partial charge in [0.1, 0.15) is 0 Å². The maximum absolute atomic E-state index is 12.7. The van der Waals surface area contributed by atoms with Crippen LogP contribution in [-0.2, 0) is 4.79 Å². The Labute approximate surface area is 152 Å². The van der Waals surface area contributed by atoms with Crippen LogP contribution >= 0.6 is 0 Å². The van der Waals surface area contributed by atoms with Crippen LogP contribution < -0.4 is 5.32 Å². The normalized spacial score (nSPS) is 14.7. The molecular weight excluding hydrogens is 330 g/mol. The second kappa shape index (κ2) is 7.93. The van der Waals surface area contributed by atoms with Crippen molar-refractivity contribution in [2.24, 2.45) is 0 Å². The molecule has 1 aliphatic rings. The first-order valence-corrected chi connectivity index (χ1v) is 8.54. The van der Waals surface area contributed by atoms with E-state index in [0.29, 0.717) is 24.3 Å². The topological polar surface area (TPSA) is 69.7 Å². The highest BCUT2D eigenvalue weighted by molar-refractivity contribution is 6.44. The Hall–Kier alpha value is -2.99. The molecule has 1 N–H and O–H groups in total. The van der Waals surface area contributed by atoms with Gasteiger partial charge in [0.15, 0.2) is 0 Å². The molecule has 0 bridgehead atoms. The zero-order valence-electron chi connectivity index (χ0n) is 14.6. The number of amides is 2. The van der Waals surface area contributed by atoms with Gasteiger partial charge in [-0.1, -0.05) is 30.3 Å². The molecule has 0 saturated carbocycles. The lowest BCUT2D eigenvalue weighted by molar-refractivity contribution is -0.127. The molecule has 0 atom stereocenters.